The third-order valence-electron chi connectivity index (χ3n) is 3.89. The third kappa shape index (κ3) is 9.36. The quantitative estimate of drug-likeness (QED) is 0.715. The van der Waals surface area contributed by atoms with Crippen LogP contribution in [0.4, 0.5) is 18.0 Å². The van der Waals surface area contributed by atoms with E-state index in [1.165, 1.54) is 11.8 Å². The van der Waals surface area contributed by atoms with Gasteiger partial charge in [-0.05, 0) is 39.5 Å². The summed E-state index contributed by atoms with van der Waals surface area (Å²) in [6.45, 7) is 13.1. The number of halogens is 3. The molecule has 172 valence electrons. The van der Waals surface area contributed by atoms with Crippen LogP contribution in [0, 0.1) is 5.92 Å². The molecule has 0 aromatic rings. The van der Waals surface area contributed by atoms with Crippen LogP contribution in [0.1, 0.15) is 68.2 Å². The Balaban J connectivity index is 0. The van der Waals surface area contributed by atoms with E-state index in [4.69, 9.17) is 5.73 Å². The van der Waals surface area contributed by atoms with Gasteiger partial charge >= 0.3 is 12.3 Å². The van der Waals surface area contributed by atoms with Crippen LogP contribution >= 0.6 is 0 Å². The second-order valence-electron chi connectivity index (χ2n) is 7.77. The number of hydrogen-bond donors (Lipinski definition) is 2. The van der Waals surface area contributed by atoms with Crippen molar-refractivity contribution in [3.05, 3.63) is 0 Å². The smallest absolute Gasteiger partial charge is 0.427 e. The molecule has 1 fully saturated rings. The summed E-state index contributed by atoms with van der Waals surface area (Å²) in [5, 5.41) is 1.96. The number of ether oxygens (including phenoxy) is 1. The molecule has 0 bridgehead atoms. The minimum absolute atomic E-state index is 0.281. The lowest BCUT2D eigenvalue weighted by Crippen LogP contribution is -2.56. The molecule has 3 amide bonds. The fraction of sp³-hybridized carbons (Fsp3) is 0.842. The zero-order valence-corrected chi connectivity index (χ0v) is 18.7. The van der Waals surface area contributed by atoms with E-state index >= 15 is 0 Å². The molecule has 0 spiro atoms. The minimum atomic E-state index is -4.74. The van der Waals surface area contributed by atoms with Gasteiger partial charge in [0.05, 0.1) is 0 Å². The Morgan fingerprint density at radius 2 is 1.62 bits per heavy atom. The molecule has 7 nitrogen and oxygen atoms in total. The van der Waals surface area contributed by atoms with Crippen molar-refractivity contribution in [3.63, 3.8) is 0 Å². The molecule has 29 heavy (non-hydrogen) atoms. The van der Waals surface area contributed by atoms with E-state index in [-0.39, 0.29) is 6.54 Å². The van der Waals surface area contributed by atoms with Crippen LogP contribution in [0.3, 0.4) is 0 Å². The van der Waals surface area contributed by atoms with Gasteiger partial charge in [0.15, 0.2) is 0 Å². The number of carbonyl (C=O) groups is 3. The Bertz CT molecular complexity index is 549. The summed E-state index contributed by atoms with van der Waals surface area (Å²) in [7, 11) is 0. The summed E-state index contributed by atoms with van der Waals surface area (Å²) < 4.78 is 42.1. The van der Waals surface area contributed by atoms with Crippen molar-refractivity contribution in [1.82, 2.24) is 10.2 Å². The largest absolute Gasteiger partial charge is 0.434 e. The first kappa shape index (κ1) is 29.2. The van der Waals surface area contributed by atoms with Crippen molar-refractivity contribution >= 4 is 17.9 Å². The van der Waals surface area contributed by atoms with E-state index < -0.39 is 41.8 Å². The highest BCUT2D eigenvalue weighted by molar-refractivity contribution is 5.92. The molecular formula is C19H36F3N3O4. The van der Waals surface area contributed by atoms with Gasteiger partial charge in [0, 0.05) is 6.54 Å². The van der Waals surface area contributed by atoms with Gasteiger partial charge in [0.25, 0.3) is 0 Å². The molecule has 0 aromatic heterocycles. The van der Waals surface area contributed by atoms with E-state index in [0.717, 1.165) is 5.92 Å². The Labute approximate surface area is 171 Å². The highest BCUT2D eigenvalue weighted by Gasteiger charge is 2.51. The predicted molar refractivity (Wildman–Crippen MR) is 105 cm³/mol. The zero-order valence-electron chi connectivity index (χ0n) is 18.7. The van der Waals surface area contributed by atoms with Crippen LogP contribution in [0.2, 0.25) is 0 Å². The number of nitrogens with two attached hydrogens (primary N) is 1. The van der Waals surface area contributed by atoms with Gasteiger partial charge in [0.2, 0.25) is 17.4 Å². The number of likely N-dealkylation sites (tertiary alicyclic amines) is 1. The molecule has 0 radical (unpaired) electrons. The average Bonchev–Trinajstić information content (AvgIpc) is 2.96. The number of nitrogens with one attached hydrogen (secondary N) is 1. The number of hydrogen-bond acceptors (Lipinski definition) is 4. The van der Waals surface area contributed by atoms with E-state index in [1.807, 2.05) is 19.2 Å². The normalized spacial score (nSPS) is 18.8. The first-order valence-corrected chi connectivity index (χ1v) is 9.68. The zero-order chi connectivity index (χ0) is 23.6. The number of alkyl halides is 3. The van der Waals surface area contributed by atoms with Gasteiger partial charge in [-0.15, -0.1) is 0 Å². The Hall–Kier alpha value is -2.00. The monoisotopic (exact) mass is 427 g/mol. The molecule has 1 aliphatic heterocycles. The summed E-state index contributed by atoms with van der Waals surface area (Å²) in [6, 6.07) is 0. The number of amides is 3. The van der Waals surface area contributed by atoms with Crippen molar-refractivity contribution in [2.45, 2.75) is 85.5 Å². The lowest BCUT2D eigenvalue weighted by atomic mass is 9.98. The second kappa shape index (κ2) is 11.9. The summed E-state index contributed by atoms with van der Waals surface area (Å²) in [6.07, 6.45) is -5.16. The first-order chi connectivity index (χ1) is 13.0. The van der Waals surface area contributed by atoms with Gasteiger partial charge in [-0.25, -0.2) is 4.79 Å². The highest BCUT2D eigenvalue weighted by Crippen LogP contribution is 2.33. The molecule has 0 aromatic carbocycles. The number of primary amides is 1. The molecule has 0 aliphatic carbocycles. The SMILES string of the molecule is CC.CC(C)C.CC1(C(N)=O)CCCN1C(=O)CNC(=O)OC(C)(C)C(F)(F)F. The molecular weight excluding hydrogens is 391 g/mol. The van der Waals surface area contributed by atoms with Crippen LogP contribution in [-0.4, -0.2) is 53.2 Å². The van der Waals surface area contributed by atoms with E-state index in [1.54, 1.807) is 0 Å². The van der Waals surface area contributed by atoms with Crippen molar-refractivity contribution in [2.24, 2.45) is 11.7 Å². The summed E-state index contributed by atoms with van der Waals surface area (Å²) in [5.41, 5.74) is 1.43. The predicted octanol–water partition coefficient (Wildman–Crippen LogP) is 3.61. The average molecular weight is 428 g/mol. The first-order valence-electron chi connectivity index (χ1n) is 9.68. The number of alkyl carbamates (subject to hydrolysis) is 1. The van der Waals surface area contributed by atoms with Crippen LogP contribution in [-0.2, 0) is 14.3 Å². The maximum absolute atomic E-state index is 12.6. The standard InChI is InChI=1S/C13H20F3N3O4.C4H10.C2H6/c1-11(2,13(14,15)16)23-10(22)18-7-8(20)19-6-4-5-12(19,3)9(17)21;1-4(2)3;1-2/h4-7H2,1-3H3,(H2,17,21)(H,18,22);4H,1-3H3;1-2H3. The molecule has 0 saturated carbocycles. The van der Waals surface area contributed by atoms with Crippen LogP contribution in [0.15, 0.2) is 0 Å². The second-order valence-corrected chi connectivity index (χ2v) is 7.77. The Morgan fingerprint density at radius 3 is 2.00 bits per heavy atom. The summed E-state index contributed by atoms with van der Waals surface area (Å²) >= 11 is 0. The van der Waals surface area contributed by atoms with Crippen LogP contribution < -0.4 is 11.1 Å². The molecule has 1 atom stereocenters. The fourth-order valence-electron chi connectivity index (χ4n) is 2.19. The van der Waals surface area contributed by atoms with Gasteiger partial charge in [-0.1, -0.05) is 34.6 Å². The molecule has 10 heteroatoms. The van der Waals surface area contributed by atoms with Gasteiger partial charge in [-0.2, -0.15) is 13.2 Å². The third-order valence-corrected chi connectivity index (χ3v) is 3.89. The minimum Gasteiger partial charge on any atom is -0.434 e. The fourth-order valence-corrected chi connectivity index (χ4v) is 2.19. The van der Waals surface area contributed by atoms with Crippen molar-refractivity contribution in [3.8, 4) is 0 Å². The van der Waals surface area contributed by atoms with Crippen LogP contribution in [0.5, 0.6) is 0 Å². The summed E-state index contributed by atoms with van der Waals surface area (Å²) in [4.78, 5) is 36.2. The van der Waals surface area contributed by atoms with Crippen molar-refractivity contribution in [1.29, 1.82) is 0 Å². The van der Waals surface area contributed by atoms with E-state index in [2.05, 4.69) is 25.5 Å². The Morgan fingerprint density at radius 1 is 1.17 bits per heavy atom. The maximum atomic E-state index is 12.6. The summed E-state index contributed by atoms with van der Waals surface area (Å²) in [5.74, 6) is -0.463. The van der Waals surface area contributed by atoms with Crippen molar-refractivity contribution in [2.75, 3.05) is 13.1 Å². The molecule has 1 aliphatic rings. The molecule has 1 heterocycles. The molecule has 1 saturated heterocycles. The Kier molecular flexibility index (Phi) is 12.0. The number of carbonyl (C=O) groups excluding carboxylic acids is 3. The number of rotatable bonds is 4. The topological polar surface area (TPSA) is 102 Å². The molecule has 3 N–H and O–H groups in total. The van der Waals surface area contributed by atoms with Crippen molar-refractivity contribution < 1.29 is 32.3 Å². The highest BCUT2D eigenvalue weighted by atomic mass is 19.4. The lowest BCUT2D eigenvalue weighted by molar-refractivity contribution is -0.243. The maximum Gasteiger partial charge on any atom is 0.427 e. The van der Waals surface area contributed by atoms with Gasteiger partial charge in [-0.3, -0.25) is 9.59 Å². The van der Waals surface area contributed by atoms with Crippen LogP contribution in [0.25, 0.3) is 0 Å². The molecule has 1 unspecified atom stereocenters. The van der Waals surface area contributed by atoms with Gasteiger partial charge in [0.1, 0.15) is 12.1 Å². The lowest BCUT2D eigenvalue weighted by Gasteiger charge is -2.32. The van der Waals surface area contributed by atoms with E-state index in [0.29, 0.717) is 26.7 Å². The number of nitrogens with zero attached hydrogens (tertiary/aromatic N) is 1. The van der Waals surface area contributed by atoms with Gasteiger partial charge < -0.3 is 20.7 Å². The van der Waals surface area contributed by atoms with E-state index in [9.17, 15) is 27.6 Å². The molecule has 1 rings (SSSR count).